The molecule has 0 saturated heterocycles. The third kappa shape index (κ3) is 10.5. The molecule has 0 bridgehead atoms. The summed E-state index contributed by atoms with van der Waals surface area (Å²) in [6, 6.07) is 21.1. The quantitative estimate of drug-likeness (QED) is 0.230. The summed E-state index contributed by atoms with van der Waals surface area (Å²) in [6.07, 6.45) is 1.69. The molecule has 1 N–H and O–H groups in total. The summed E-state index contributed by atoms with van der Waals surface area (Å²) in [5.41, 5.74) is 1.65. The van der Waals surface area contributed by atoms with Crippen LogP contribution < -0.4 is 14.4 Å². The van der Waals surface area contributed by atoms with Gasteiger partial charge in [0.1, 0.15) is 11.8 Å². The Hall–Kier alpha value is -3.08. The molecule has 0 aliphatic carbocycles. The average Bonchev–Trinajstić information content (AvgIpc) is 2.92. The van der Waals surface area contributed by atoms with Crippen molar-refractivity contribution in [3.8, 4) is 5.75 Å². The molecule has 1 unspecified atom stereocenters. The van der Waals surface area contributed by atoms with Gasteiger partial charge in [-0.25, -0.2) is 8.42 Å². The second-order valence-corrected chi connectivity index (χ2v) is 14.6. The molecule has 0 aliphatic rings. The Bertz CT molecular complexity index is 1500. The maximum Gasteiger partial charge on any atom is 0.243 e. The van der Waals surface area contributed by atoms with Crippen LogP contribution in [0.2, 0.25) is 5.02 Å². The summed E-state index contributed by atoms with van der Waals surface area (Å²) < 4.78 is 32.7. The number of nitrogens with zero attached hydrogens (tertiary/aromatic N) is 2. The average molecular weight is 693 g/mol. The summed E-state index contributed by atoms with van der Waals surface area (Å²) >= 11 is 9.72. The third-order valence-corrected chi connectivity index (χ3v) is 8.63. The van der Waals surface area contributed by atoms with Gasteiger partial charge in [0, 0.05) is 35.9 Å². The first-order valence-electron chi connectivity index (χ1n) is 13.9. The maximum atomic E-state index is 14.0. The van der Waals surface area contributed by atoms with Crippen molar-refractivity contribution in [3.63, 3.8) is 0 Å². The number of rotatable bonds is 13. The topological polar surface area (TPSA) is 96.0 Å². The van der Waals surface area contributed by atoms with Crippen molar-refractivity contribution in [3.05, 3.63) is 93.4 Å². The van der Waals surface area contributed by atoms with Gasteiger partial charge in [0.25, 0.3) is 0 Å². The van der Waals surface area contributed by atoms with Gasteiger partial charge in [0.2, 0.25) is 21.8 Å². The summed E-state index contributed by atoms with van der Waals surface area (Å²) in [5, 5.41) is 3.33. The van der Waals surface area contributed by atoms with Crippen LogP contribution in [0, 0.1) is 0 Å². The second-order valence-electron chi connectivity index (χ2n) is 11.4. The van der Waals surface area contributed by atoms with E-state index in [9.17, 15) is 18.0 Å². The van der Waals surface area contributed by atoms with Crippen LogP contribution in [0.3, 0.4) is 0 Å². The van der Waals surface area contributed by atoms with E-state index in [1.165, 1.54) is 17.5 Å². The monoisotopic (exact) mass is 691 g/mol. The normalized spacial score (nSPS) is 12.3. The maximum absolute atomic E-state index is 14.0. The number of hydrogen-bond donors (Lipinski definition) is 1. The number of ether oxygens (including phenoxy) is 1. The summed E-state index contributed by atoms with van der Waals surface area (Å²) in [4.78, 5) is 29.3. The Morgan fingerprint density at radius 3 is 2.21 bits per heavy atom. The van der Waals surface area contributed by atoms with E-state index in [0.717, 1.165) is 21.9 Å². The zero-order chi connectivity index (χ0) is 31.8. The van der Waals surface area contributed by atoms with E-state index in [4.69, 9.17) is 16.3 Å². The number of carbonyl (C=O) groups is 2. The molecule has 3 aromatic rings. The van der Waals surface area contributed by atoms with Gasteiger partial charge in [-0.1, -0.05) is 70.0 Å². The van der Waals surface area contributed by atoms with Gasteiger partial charge in [-0.2, -0.15) is 0 Å². The standard InChI is InChI=1S/C32H39BrClN3O5S/c1-32(2,3)35-31(39)28(20-23-10-7-6-8-11-23)36(22-24-13-15-25(33)16-14-24)30(38)12-9-19-37(43(5,40)41)26-17-18-29(42-4)27(34)21-26/h6-8,10-11,13-18,21,28H,9,12,19-20,22H2,1-5H3,(H,35,39). The lowest BCUT2D eigenvalue weighted by Gasteiger charge is -2.34. The number of halogens is 2. The number of hydrogen-bond acceptors (Lipinski definition) is 5. The molecule has 0 fully saturated rings. The lowest BCUT2D eigenvalue weighted by Crippen LogP contribution is -2.54. The molecule has 3 aromatic carbocycles. The van der Waals surface area contributed by atoms with Gasteiger partial charge in [0.05, 0.1) is 24.1 Å². The van der Waals surface area contributed by atoms with Gasteiger partial charge < -0.3 is 15.0 Å². The van der Waals surface area contributed by atoms with E-state index in [1.807, 2.05) is 75.4 Å². The van der Waals surface area contributed by atoms with Crippen molar-refractivity contribution in [1.82, 2.24) is 10.2 Å². The van der Waals surface area contributed by atoms with E-state index in [-0.39, 0.29) is 42.8 Å². The number of amides is 2. The van der Waals surface area contributed by atoms with Gasteiger partial charge in [0.15, 0.2) is 0 Å². The van der Waals surface area contributed by atoms with Crippen molar-refractivity contribution in [2.45, 2.75) is 58.2 Å². The van der Waals surface area contributed by atoms with Crippen LogP contribution in [0.15, 0.2) is 77.3 Å². The molecule has 43 heavy (non-hydrogen) atoms. The molecule has 0 aliphatic heterocycles. The van der Waals surface area contributed by atoms with Crippen LogP contribution in [0.1, 0.15) is 44.7 Å². The molecule has 2 amide bonds. The van der Waals surface area contributed by atoms with Crippen LogP contribution in [0.5, 0.6) is 5.75 Å². The van der Waals surface area contributed by atoms with Crippen molar-refractivity contribution in [1.29, 1.82) is 0 Å². The van der Waals surface area contributed by atoms with E-state index >= 15 is 0 Å². The lowest BCUT2D eigenvalue weighted by molar-refractivity contribution is -0.142. The van der Waals surface area contributed by atoms with Crippen LogP contribution >= 0.6 is 27.5 Å². The van der Waals surface area contributed by atoms with Crippen LogP contribution in [-0.4, -0.2) is 56.6 Å². The van der Waals surface area contributed by atoms with E-state index < -0.39 is 21.6 Å². The fourth-order valence-corrected chi connectivity index (χ4v) is 6.08. The van der Waals surface area contributed by atoms with Crippen molar-refractivity contribution >= 4 is 55.1 Å². The lowest BCUT2D eigenvalue weighted by atomic mass is 10.00. The first kappa shape index (κ1) is 34.4. The molecule has 0 spiro atoms. The molecule has 0 saturated carbocycles. The number of methoxy groups -OCH3 is 1. The van der Waals surface area contributed by atoms with Crippen LogP contribution in [0.4, 0.5) is 5.69 Å². The number of carbonyl (C=O) groups excluding carboxylic acids is 2. The minimum absolute atomic E-state index is 0.0283. The second kappa shape index (κ2) is 15.1. The van der Waals surface area contributed by atoms with E-state index in [2.05, 4.69) is 21.2 Å². The number of nitrogens with one attached hydrogen (secondary N) is 1. The molecular formula is C32H39BrClN3O5S. The molecule has 0 heterocycles. The minimum atomic E-state index is -3.68. The van der Waals surface area contributed by atoms with Crippen molar-refractivity contribution in [2.24, 2.45) is 0 Å². The smallest absolute Gasteiger partial charge is 0.243 e. The van der Waals surface area contributed by atoms with Gasteiger partial charge in [-0.15, -0.1) is 0 Å². The Morgan fingerprint density at radius 1 is 1.00 bits per heavy atom. The predicted molar refractivity (Wildman–Crippen MR) is 176 cm³/mol. The first-order chi connectivity index (χ1) is 20.2. The summed E-state index contributed by atoms with van der Waals surface area (Å²) in [6.45, 7) is 5.96. The zero-order valence-corrected chi connectivity index (χ0v) is 28.3. The summed E-state index contributed by atoms with van der Waals surface area (Å²) in [7, 11) is -2.20. The molecule has 11 heteroatoms. The van der Waals surface area contributed by atoms with Gasteiger partial charge in [-0.05, 0) is 68.7 Å². The fourth-order valence-electron chi connectivity index (χ4n) is 4.61. The molecular weight excluding hydrogens is 654 g/mol. The molecule has 0 aromatic heterocycles. The highest BCUT2D eigenvalue weighted by Crippen LogP contribution is 2.30. The predicted octanol–water partition coefficient (Wildman–Crippen LogP) is 6.21. The molecule has 8 nitrogen and oxygen atoms in total. The SMILES string of the molecule is COc1ccc(N(CCCC(=O)N(Cc2ccc(Br)cc2)C(Cc2ccccc2)C(=O)NC(C)(C)C)S(C)(=O)=O)cc1Cl. The largest absolute Gasteiger partial charge is 0.495 e. The fraction of sp³-hybridized carbons (Fsp3) is 0.375. The van der Waals surface area contributed by atoms with Crippen LogP contribution in [-0.2, 0) is 32.6 Å². The van der Waals surface area contributed by atoms with Crippen molar-refractivity contribution < 1.29 is 22.7 Å². The van der Waals surface area contributed by atoms with Gasteiger partial charge in [-0.3, -0.25) is 13.9 Å². The van der Waals surface area contributed by atoms with E-state index in [1.54, 1.807) is 17.0 Å². The highest BCUT2D eigenvalue weighted by atomic mass is 79.9. The number of benzene rings is 3. The highest BCUT2D eigenvalue weighted by Gasteiger charge is 2.32. The minimum Gasteiger partial charge on any atom is -0.495 e. The number of sulfonamides is 1. The Balaban J connectivity index is 1.90. The Morgan fingerprint density at radius 2 is 1.65 bits per heavy atom. The zero-order valence-electron chi connectivity index (χ0n) is 25.1. The van der Waals surface area contributed by atoms with Crippen molar-refractivity contribution in [2.75, 3.05) is 24.2 Å². The summed E-state index contributed by atoms with van der Waals surface area (Å²) in [5.74, 6) is -0.0859. The number of anilines is 1. The Labute approximate surface area is 268 Å². The first-order valence-corrected chi connectivity index (χ1v) is 16.9. The van der Waals surface area contributed by atoms with E-state index in [0.29, 0.717) is 17.9 Å². The molecule has 3 rings (SSSR count). The highest BCUT2D eigenvalue weighted by molar-refractivity contribution is 9.10. The Kier molecular flexibility index (Phi) is 12.1. The van der Waals surface area contributed by atoms with Gasteiger partial charge >= 0.3 is 0 Å². The third-order valence-electron chi connectivity index (χ3n) is 6.61. The molecule has 1 atom stereocenters. The molecule has 0 radical (unpaired) electrons. The molecule has 232 valence electrons. The van der Waals surface area contributed by atoms with Crippen LogP contribution in [0.25, 0.3) is 0 Å².